The molecule has 1 nitrogen and oxygen atoms in total. The first-order valence-electron chi connectivity index (χ1n) is 10.2. The molecule has 4 rings (SSSR count). The zero-order valence-electron chi connectivity index (χ0n) is 17.8. The van der Waals surface area contributed by atoms with Gasteiger partial charge in [-0.3, -0.25) is 0 Å². The number of benzene rings is 4. The molecule has 4 aromatic carbocycles. The Balaban J connectivity index is 1.56. The molecule has 0 radical (unpaired) electrons. The van der Waals surface area contributed by atoms with Crippen molar-refractivity contribution in [3.63, 3.8) is 0 Å². The Morgan fingerprint density at radius 2 is 1.35 bits per heavy atom. The minimum Gasteiger partial charge on any atom is -0.497 e. The summed E-state index contributed by atoms with van der Waals surface area (Å²) in [6.07, 6.45) is -0.117. The first-order valence-corrected chi connectivity index (χ1v) is 10.2. The monoisotopic (exact) mass is 470 g/mol. The highest BCUT2D eigenvalue weighted by molar-refractivity contribution is 5.84. The maximum Gasteiger partial charge on any atom is 0.166 e. The van der Waals surface area contributed by atoms with Gasteiger partial charge in [0.1, 0.15) is 29.0 Å². The van der Waals surface area contributed by atoms with Gasteiger partial charge in [-0.25, -0.2) is 26.3 Å². The molecule has 0 aliphatic rings. The molecule has 0 N–H and O–H groups in total. The van der Waals surface area contributed by atoms with Gasteiger partial charge in [0.2, 0.25) is 0 Å². The summed E-state index contributed by atoms with van der Waals surface area (Å²) in [6, 6.07) is 10.8. The number of halogens is 6. The second kappa shape index (κ2) is 9.52. The summed E-state index contributed by atoms with van der Waals surface area (Å²) < 4.78 is 89.2. The van der Waals surface area contributed by atoms with E-state index in [0.717, 1.165) is 30.3 Å². The molecule has 0 bridgehead atoms. The van der Waals surface area contributed by atoms with Crippen LogP contribution in [0.5, 0.6) is 5.75 Å². The van der Waals surface area contributed by atoms with Crippen LogP contribution < -0.4 is 4.74 Å². The lowest BCUT2D eigenvalue weighted by atomic mass is 10.0. The molecular formula is C27H16F6O. The molecule has 0 unspecified atom stereocenters. The number of ether oxygens (including phenoxy) is 1. The Morgan fingerprint density at radius 3 is 2.00 bits per heavy atom. The number of methoxy groups -OCH3 is 1. The van der Waals surface area contributed by atoms with Crippen LogP contribution in [-0.4, -0.2) is 7.11 Å². The molecule has 7 heteroatoms. The van der Waals surface area contributed by atoms with E-state index in [1.54, 1.807) is 0 Å². The fraction of sp³-hybridized carbons (Fsp3) is 0.111. The zero-order valence-corrected chi connectivity index (χ0v) is 17.8. The molecule has 4 aromatic rings. The van der Waals surface area contributed by atoms with Crippen molar-refractivity contribution >= 4 is 10.8 Å². The van der Waals surface area contributed by atoms with E-state index in [-0.39, 0.29) is 35.1 Å². The Hall–Kier alpha value is -3.92. The van der Waals surface area contributed by atoms with E-state index in [0.29, 0.717) is 10.9 Å². The fourth-order valence-electron chi connectivity index (χ4n) is 3.57. The SMILES string of the molecule is COc1cc(F)c(CCc2cc(F)c(C#Cc3ccc4c(F)c(F)ccc4c3)c(F)c2)c(F)c1. The van der Waals surface area contributed by atoms with Crippen LogP contribution in [0, 0.1) is 46.7 Å². The smallest absolute Gasteiger partial charge is 0.166 e. The van der Waals surface area contributed by atoms with Gasteiger partial charge in [-0.1, -0.05) is 24.0 Å². The fourth-order valence-corrected chi connectivity index (χ4v) is 3.57. The highest BCUT2D eigenvalue weighted by Gasteiger charge is 2.14. The van der Waals surface area contributed by atoms with Crippen LogP contribution in [0.4, 0.5) is 26.3 Å². The summed E-state index contributed by atoms with van der Waals surface area (Å²) in [4.78, 5) is 0. The van der Waals surface area contributed by atoms with E-state index in [2.05, 4.69) is 11.8 Å². The summed E-state index contributed by atoms with van der Waals surface area (Å²) in [6.45, 7) is 0. The zero-order chi connectivity index (χ0) is 24.4. The largest absolute Gasteiger partial charge is 0.497 e. The predicted molar refractivity (Wildman–Crippen MR) is 117 cm³/mol. The van der Waals surface area contributed by atoms with E-state index in [1.165, 1.54) is 31.4 Å². The second-order valence-corrected chi connectivity index (χ2v) is 7.55. The van der Waals surface area contributed by atoms with Gasteiger partial charge < -0.3 is 4.74 Å². The van der Waals surface area contributed by atoms with E-state index < -0.39 is 40.5 Å². The van der Waals surface area contributed by atoms with Gasteiger partial charge in [-0.05, 0) is 54.1 Å². The summed E-state index contributed by atoms with van der Waals surface area (Å²) in [5.74, 6) is -0.365. The quantitative estimate of drug-likeness (QED) is 0.234. The third kappa shape index (κ3) is 4.72. The lowest BCUT2D eigenvalue weighted by molar-refractivity contribution is 0.405. The molecule has 0 fully saturated rings. The molecule has 172 valence electrons. The lowest BCUT2D eigenvalue weighted by Gasteiger charge is -2.09. The van der Waals surface area contributed by atoms with Gasteiger partial charge in [0.05, 0.1) is 12.7 Å². The Labute approximate surface area is 191 Å². The molecule has 0 amide bonds. The van der Waals surface area contributed by atoms with Gasteiger partial charge in [-0.2, -0.15) is 0 Å². The standard InChI is InChI=1S/C27H16F6O/c1-34-18-13-25(31)21(26(32)14-18)8-4-16-11-23(29)20(24(30)12-16)7-3-15-2-6-19-17(10-15)5-9-22(28)27(19)33/h2,5-6,9-14H,4,8H2,1H3. The second-order valence-electron chi connectivity index (χ2n) is 7.55. The van der Waals surface area contributed by atoms with Gasteiger partial charge in [0, 0.05) is 28.6 Å². The molecular weight excluding hydrogens is 454 g/mol. The van der Waals surface area contributed by atoms with E-state index in [4.69, 9.17) is 4.74 Å². The van der Waals surface area contributed by atoms with Gasteiger partial charge >= 0.3 is 0 Å². The van der Waals surface area contributed by atoms with E-state index in [9.17, 15) is 26.3 Å². The highest BCUT2D eigenvalue weighted by atomic mass is 19.2. The maximum absolute atomic E-state index is 14.5. The van der Waals surface area contributed by atoms with Gasteiger partial charge in [0.15, 0.2) is 11.6 Å². The van der Waals surface area contributed by atoms with Gasteiger partial charge in [-0.15, -0.1) is 0 Å². The van der Waals surface area contributed by atoms with Crippen LogP contribution in [0.3, 0.4) is 0 Å². The van der Waals surface area contributed by atoms with Crippen molar-refractivity contribution in [1.82, 2.24) is 0 Å². The Kier molecular flexibility index (Phi) is 6.51. The number of rotatable bonds is 4. The maximum atomic E-state index is 14.5. The minimum absolute atomic E-state index is 0.00544. The molecule has 0 atom stereocenters. The first-order chi connectivity index (χ1) is 16.3. The van der Waals surface area contributed by atoms with E-state index in [1.807, 2.05) is 0 Å². The van der Waals surface area contributed by atoms with Crippen LogP contribution >= 0.6 is 0 Å². The lowest BCUT2D eigenvalue weighted by Crippen LogP contribution is -2.02. The van der Waals surface area contributed by atoms with Crippen LogP contribution in [0.25, 0.3) is 10.8 Å². The third-order valence-electron chi connectivity index (χ3n) is 5.35. The molecule has 0 saturated heterocycles. The number of fused-ring (bicyclic) bond motifs is 1. The molecule has 0 aliphatic carbocycles. The predicted octanol–water partition coefficient (Wildman–Crippen LogP) is 6.87. The molecule has 0 saturated carbocycles. The normalized spacial score (nSPS) is 10.8. The van der Waals surface area contributed by atoms with Gasteiger partial charge in [0.25, 0.3) is 0 Å². The molecule has 0 heterocycles. The van der Waals surface area contributed by atoms with Crippen LogP contribution in [-0.2, 0) is 12.8 Å². The Bertz CT molecular complexity index is 1420. The molecule has 0 spiro atoms. The highest BCUT2D eigenvalue weighted by Crippen LogP contribution is 2.24. The third-order valence-corrected chi connectivity index (χ3v) is 5.35. The van der Waals surface area contributed by atoms with Crippen molar-refractivity contribution in [2.24, 2.45) is 0 Å². The number of hydrogen-bond acceptors (Lipinski definition) is 1. The summed E-state index contributed by atoms with van der Waals surface area (Å²) in [5.41, 5.74) is -0.126. The van der Waals surface area contributed by atoms with Crippen molar-refractivity contribution in [3.8, 4) is 17.6 Å². The van der Waals surface area contributed by atoms with Crippen LogP contribution in [0.15, 0.2) is 54.6 Å². The van der Waals surface area contributed by atoms with Crippen LogP contribution in [0.1, 0.15) is 22.3 Å². The summed E-state index contributed by atoms with van der Waals surface area (Å²) in [5, 5.41) is 0.456. The summed E-state index contributed by atoms with van der Waals surface area (Å²) >= 11 is 0. The minimum atomic E-state index is -0.987. The number of hydrogen-bond donors (Lipinski definition) is 0. The van der Waals surface area contributed by atoms with Crippen molar-refractivity contribution < 1.29 is 31.1 Å². The summed E-state index contributed by atoms with van der Waals surface area (Å²) in [7, 11) is 1.28. The molecule has 34 heavy (non-hydrogen) atoms. The Morgan fingerprint density at radius 1 is 0.676 bits per heavy atom. The average Bonchev–Trinajstić information content (AvgIpc) is 2.80. The first kappa shape index (κ1) is 23.2. The van der Waals surface area contributed by atoms with Crippen molar-refractivity contribution in [3.05, 3.63) is 112 Å². The van der Waals surface area contributed by atoms with Crippen molar-refractivity contribution in [1.29, 1.82) is 0 Å². The topological polar surface area (TPSA) is 9.23 Å². The van der Waals surface area contributed by atoms with Crippen LogP contribution in [0.2, 0.25) is 0 Å². The molecule has 0 aromatic heterocycles. The molecule has 0 aliphatic heterocycles. The van der Waals surface area contributed by atoms with Crippen molar-refractivity contribution in [2.75, 3.05) is 7.11 Å². The average molecular weight is 470 g/mol. The van der Waals surface area contributed by atoms with Crippen molar-refractivity contribution in [2.45, 2.75) is 12.8 Å². The van der Waals surface area contributed by atoms with E-state index >= 15 is 0 Å². The number of aryl methyl sites for hydroxylation is 1.